The molecule has 0 saturated carbocycles. The topological polar surface area (TPSA) is 77.6 Å². The van der Waals surface area contributed by atoms with Gasteiger partial charge in [-0.05, 0) is 24.6 Å². The molecule has 2 N–H and O–H groups in total. The molecule has 5 nitrogen and oxygen atoms in total. The predicted octanol–water partition coefficient (Wildman–Crippen LogP) is 0.226. The van der Waals surface area contributed by atoms with E-state index in [2.05, 4.69) is 14.8 Å². The van der Waals surface area contributed by atoms with Gasteiger partial charge in [0.05, 0.1) is 12.8 Å². The van der Waals surface area contributed by atoms with Gasteiger partial charge >= 0.3 is 5.97 Å². The lowest BCUT2D eigenvalue weighted by Gasteiger charge is -2.02. The van der Waals surface area contributed by atoms with E-state index in [4.69, 9.17) is 5.84 Å². The van der Waals surface area contributed by atoms with Crippen LogP contribution in [0.4, 0.5) is 0 Å². The summed E-state index contributed by atoms with van der Waals surface area (Å²) in [5, 5.41) is 3.35. The summed E-state index contributed by atoms with van der Waals surface area (Å²) < 4.78 is 4.51. The molecule has 1 heterocycles. The van der Waals surface area contributed by atoms with Crippen LogP contribution in [0.5, 0.6) is 0 Å². The van der Waals surface area contributed by atoms with E-state index in [0.29, 0.717) is 5.69 Å². The van der Waals surface area contributed by atoms with Crippen LogP contribution in [0, 0.1) is 6.92 Å². The summed E-state index contributed by atoms with van der Waals surface area (Å²) >= 11 is 0. The number of rotatable bonds is 2. The molecule has 0 radical (unpaired) electrons. The molecular weight excluding hydrogens is 182 g/mol. The Labute approximate surface area is 81.6 Å². The maximum absolute atomic E-state index is 11.2. The molecule has 0 aliphatic carbocycles. The minimum absolute atomic E-state index is 0.0243. The van der Waals surface area contributed by atoms with Gasteiger partial charge in [-0.2, -0.15) is 5.10 Å². The van der Waals surface area contributed by atoms with E-state index in [1.54, 1.807) is 12.3 Å². The van der Waals surface area contributed by atoms with Crippen LogP contribution in [0.25, 0.3) is 0 Å². The second kappa shape index (κ2) is 4.36. The van der Waals surface area contributed by atoms with Crippen molar-refractivity contribution in [3.8, 4) is 0 Å². The number of nitrogens with two attached hydrogens (primary N) is 1. The first-order valence-corrected chi connectivity index (χ1v) is 3.98. The van der Waals surface area contributed by atoms with Crippen LogP contribution in [-0.4, -0.2) is 23.8 Å². The van der Waals surface area contributed by atoms with Crippen molar-refractivity contribution in [2.45, 2.75) is 6.92 Å². The van der Waals surface area contributed by atoms with Gasteiger partial charge in [0.1, 0.15) is 0 Å². The van der Waals surface area contributed by atoms with Crippen LogP contribution in [0.2, 0.25) is 0 Å². The molecule has 0 aliphatic rings. The van der Waals surface area contributed by atoms with Crippen LogP contribution in [0.3, 0.4) is 0 Å². The number of pyridine rings is 1. The van der Waals surface area contributed by atoms with E-state index in [9.17, 15) is 4.79 Å². The molecule has 0 aromatic carbocycles. The Morgan fingerprint density at radius 3 is 2.86 bits per heavy atom. The summed E-state index contributed by atoms with van der Waals surface area (Å²) in [4.78, 5) is 15.1. The largest absolute Gasteiger partial charge is 0.464 e. The Morgan fingerprint density at radius 1 is 1.64 bits per heavy atom. The standard InChI is InChI=1S/C9H11N3O2/c1-6-3-4-11-7(5-6)8(12-10)9(13)14-2/h3-5H,10H2,1-2H3/b12-8+. The maximum Gasteiger partial charge on any atom is 0.360 e. The molecule has 0 spiro atoms. The average molecular weight is 193 g/mol. The lowest BCUT2D eigenvalue weighted by molar-refractivity contribution is -0.132. The molecule has 0 saturated heterocycles. The first-order valence-electron chi connectivity index (χ1n) is 3.98. The number of methoxy groups -OCH3 is 1. The minimum atomic E-state index is -0.592. The summed E-state index contributed by atoms with van der Waals surface area (Å²) in [6, 6.07) is 3.53. The second-order valence-corrected chi connectivity index (χ2v) is 2.69. The Balaban J connectivity index is 3.08. The van der Waals surface area contributed by atoms with Crippen molar-refractivity contribution in [3.63, 3.8) is 0 Å². The lowest BCUT2D eigenvalue weighted by Crippen LogP contribution is -2.20. The first kappa shape index (κ1) is 10.2. The molecule has 0 amide bonds. The van der Waals surface area contributed by atoms with E-state index >= 15 is 0 Å². The smallest absolute Gasteiger partial charge is 0.360 e. The molecule has 0 bridgehead atoms. The fraction of sp³-hybridized carbons (Fsp3) is 0.222. The van der Waals surface area contributed by atoms with E-state index in [0.717, 1.165) is 5.56 Å². The molecule has 14 heavy (non-hydrogen) atoms. The number of hydrogen-bond donors (Lipinski definition) is 1. The van der Waals surface area contributed by atoms with Gasteiger partial charge in [-0.1, -0.05) is 0 Å². The van der Waals surface area contributed by atoms with Gasteiger partial charge < -0.3 is 10.6 Å². The van der Waals surface area contributed by atoms with Gasteiger partial charge in [0, 0.05) is 6.20 Å². The average Bonchev–Trinajstić information content (AvgIpc) is 2.19. The monoisotopic (exact) mass is 193 g/mol. The Morgan fingerprint density at radius 2 is 2.36 bits per heavy atom. The maximum atomic E-state index is 11.2. The highest BCUT2D eigenvalue weighted by atomic mass is 16.5. The summed E-state index contributed by atoms with van der Waals surface area (Å²) in [5.41, 5.74) is 1.41. The summed E-state index contributed by atoms with van der Waals surface area (Å²) in [6.07, 6.45) is 1.58. The van der Waals surface area contributed by atoms with Gasteiger partial charge in [-0.25, -0.2) is 4.79 Å². The third-order valence-corrected chi connectivity index (χ3v) is 1.67. The van der Waals surface area contributed by atoms with Crippen LogP contribution < -0.4 is 5.84 Å². The third-order valence-electron chi connectivity index (χ3n) is 1.67. The van der Waals surface area contributed by atoms with Gasteiger partial charge in [-0.15, -0.1) is 0 Å². The number of carbonyl (C=O) groups is 1. The van der Waals surface area contributed by atoms with Crippen molar-refractivity contribution in [1.29, 1.82) is 0 Å². The zero-order valence-corrected chi connectivity index (χ0v) is 8.02. The fourth-order valence-corrected chi connectivity index (χ4v) is 0.986. The van der Waals surface area contributed by atoms with Gasteiger partial charge in [0.25, 0.3) is 0 Å². The van der Waals surface area contributed by atoms with E-state index < -0.39 is 5.97 Å². The van der Waals surface area contributed by atoms with Crippen LogP contribution in [-0.2, 0) is 9.53 Å². The zero-order valence-electron chi connectivity index (χ0n) is 8.02. The van der Waals surface area contributed by atoms with Crippen LogP contribution in [0.15, 0.2) is 23.4 Å². The highest BCUT2D eigenvalue weighted by molar-refractivity contribution is 6.42. The molecule has 0 fully saturated rings. The number of ether oxygens (including phenoxy) is 1. The highest BCUT2D eigenvalue weighted by Crippen LogP contribution is 2.02. The number of esters is 1. The molecule has 1 rings (SSSR count). The van der Waals surface area contributed by atoms with Crippen molar-refractivity contribution in [2.24, 2.45) is 10.9 Å². The predicted molar refractivity (Wildman–Crippen MR) is 51.7 cm³/mol. The number of aryl methyl sites for hydroxylation is 1. The van der Waals surface area contributed by atoms with Crippen molar-refractivity contribution >= 4 is 11.7 Å². The Kier molecular flexibility index (Phi) is 3.17. The van der Waals surface area contributed by atoms with Gasteiger partial charge in [0.2, 0.25) is 0 Å². The van der Waals surface area contributed by atoms with Crippen molar-refractivity contribution < 1.29 is 9.53 Å². The molecule has 5 heteroatoms. The van der Waals surface area contributed by atoms with Crippen LogP contribution in [0.1, 0.15) is 11.3 Å². The van der Waals surface area contributed by atoms with Crippen molar-refractivity contribution in [3.05, 3.63) is 29.6 Å². The van der Waals surface area contributed by atoms with Crippen molar-refractivity contribution in [1.82, 2.24) is 4.98 Å². The zero-order chi connectivity index (χ0) is 10.6. The number of aromatic nitrogens is 1. The Hall–Kier alpha value is -1.91. The molecule has 0 aliphatic heterocycles. The number of hydrazone groups is 1. The minimum Gasteiger partial charge on any atom is -0.464 e. The summed E-state index contributed by atoms with van der Waals surface area (Å²) in [5.74, 6) is 4.49. The molecule has 1 aromatic rings. The lowest BCUT2D eigenvalue weighted by atomic mass is 10.2. The molecular formula is C9H11N3O2. The number of carbonyl (C=O) groups excluding carboxylic acids is 1. The van der Waals surface area contributed by atoms with E-state index in [-0.39, 0.29) is 5.71 Å². The number of nitrogens with zero attached hydrogens (tertiary/aromatic N) is 2. The SMILES string of the molecule is COC(=O)/C(=N/N)c1cc(C)ccn1. The van der Waals surface area contributed by atoms with E-state index in [1.807, 2.05) is 13.0 Å². The highest BCUT2D eigenvalue weighted by Gasteiger charge is 2.15. The fourth-order valence-electron chi connectivity index (χ4n) is 0.986. The van der Waals surface area contributed by atoms with E-state index in [1.165, 1.54) is 7.11 Å². The molecule has 0 unspecified atom stereocenters. The number of hydrogen-bond acceptors (Lipinski definition) is 5. The second-order valence-electron chi connectivity index (χ2n) is 2.69. The van der Waals surface area contributed by atoms with Crippen LogP contribution >= 0.6 is 0 Å². The normalized spacial score (nSPS) is 11.1. The van der Waals surface area contributed by atoms with Gasteiger partial charge in [-0.3, -0.25) is 4.98 Å². The van der Waals surface area contributed by atoms with Gasteiger partial charge in [0.15, 0.2) is 5.71 Å². The Bertz CT molecular complexity index is 374. The third kappa shape index (κ3) is 2.07. The summed E-state index contributed by atoms with van der Waals surface area (Å²) in [6.45, 7) is 1.89. The van der Waals surface area contributed by atoms with Crippen molar-refractivity contribution in [2.75, 3.05) is 7.11 Å². The quantitative estimate of drug-likeness (QED) is 0.315. The summed E-state index contributed by atoms with van der Waals surface area (Å²) in [7, 11) is 1.27. The first-order chi connectivity index (χ1) is 6.69. The molecule has 74 valence electrons. The molecule has 0 atom stereocenters. The molecule has 1 aromatic heterocycles.